The van der Waals surface area contributed by atoms with Gasteiger partial charge in [-0.25, -0.2) is 5.01 Å². The first kappa shape index (κ1) is 20.9. The van der Waals surface area contributed by atoms with Gasteiger partial charge in [0.1, 0.15) is 18.5 Å². The lowest BCUT2D eigenvalue weighted by atomic mass is 10.0. The van der Waals surface area contributed by atoms with Crippen molar-refractivity contribution in [1.82, 2.24) is 15.4 Å². The first-order valence-electron chi connectivity index (χ1n) is 9.51. The third kappa shape index (κ3) is 4.53. The van der Waals surface area contributed by atoms with Crippen LogP contribution in [-0.2, 0) is 0 Å². The van der Waals surface area contributed by atoms with E-state index in [4.69, 9.17) is 4.74 Å². The summed E-state index contributed by atoms with van der Waals surface area (Å²) < 4.78 is 6.56. The molecule has 8 heteroatoms. The molecule has 0 saturated heterocycles. The highest BCUT2D eigenvalue weighted by molar-refractivity contribution is 14.1. The quantitative estimate of drug-likeness (QED) is 0.373. The Morgan fingerprint density at radius 1 is 1.23 bits per heavy atom. The van der Waals surface area contributed by atoms with Gasteiger partial charge in [0.25, 0.3) is 11.8 Å². The number of rotatable bonds is 6. The molecule has 0 aliphatic carbocycles. The maximum atomic E-state index is 13.4. The second kappa shape index (κ2) is 9.17. The van der Waals surface area contributed by atoms with Crippen LogP contribution in [0.1, 0.15) is 32.4 Å². The maximum Gasteiger partial charge on any atom is 0.276 e. The summed E-state index contributed by atoms with van der Waals surface area (Å²) >= 11 is 2.15. The van der Waals surface area contributed by atoms with Crippen molar-refractivity contribution in [2.24, 2.45) is 0 Å². The van der Waals surface area contributed by atoms with Crippen molar-refractivity contribution in [2.75, 3.05) is 11.9 Å². The number of halogens is 1. The van der Waals surface area contributed by atoms with Gasteiger partial charge < -0.3 is 10.1 Å². The third-order valence-corrected chi connectivity index (χ3v) is 5.36. The van der Waals surface area contributed by atoms with Crippen LogP contribution >= 0.6 is 22.6 Å². The topological polar surface area (TPSA) is 83.6 Å². The van der Waals surface area contributed by atoms with Crippen molar-refractivity contribution in [3.63, 3.8) is 0 Å². The predicted molar refractivity (Wildman–Crippen MR) is 126 cm³/mol. The molecule has 156 valence electrons. The zero-order valence-electron chi connectivity index (χ0n) is 16.4. The normalized spacial score (nSPS) is 14.9. The molecular formula is C23H19IN4O3. The van der Waals surface area contributed by atoms with E-state index in [2.05, 4.69) is 44.9 Å². The maximum absolute atomic E-state index is 13.4. The van der Waals surface area contributed by atoms with Crippen molar-refractivity contribution in [2.45, 2.75) is 6.17 Å². The van der Waals surface area contributed by atoms with Gasteiger partial charge >= 0.3 is 0 Å². The second-order valence-corrected chi connectivity index (χ2v) is 8.01. The standard InChI is InChI=1S/C23H19IN4O3/c1-2-12-31-18-5-3-4-16(13-18)21-26-20-7-6-17(24)14-19(20)23(30)28(21)27-22(29)15-8-10-25-11-9-15/h2-11,13-14,21,26H,1,12H2,(H,27,29)/t21-/m0/s1. The number of hydrazine groups is 1. The Labute approximate surface area is 193 Å². The van der Waals surface area contributed by atoms with E-state index in [1.165, 1.54) is 17.4 Å². The number of amides is 2. The lowest BCUT2D eigenvalue weighted by Gasteiger charge is -2.38. The van der Waals surface area contributed by atoms with Crippen molar-refractivity contribution in [3.8, 4) is 5.75 Å². The minimum Gasteiger partial charge on any atom is -0.490 e. The molecule has 2 heterocycles. The number of nitrogens with zero attached hydrogens (tertiary/aromatic N) is 2. The number of anilines is 1. The Morgan fingerprint density at radius 2 is 2.03 bits per heavy atom. The monoisotopic (exact) mass is 526 g/mol. The van der Waals surface area contributed by atoms with E-state index < -0.39 is 12.1 Å². The molecule has 0 spiro atoms. The number of carbonyl (C=O) groups is 2. The van der Waals surface area contributed by atoms with Crippen LogP contribution in [0.2, 0.25) is 0 Å². The van der Waals surface area contributed by atoms with E-state index in [-0.39, 0.29) is 5.91 Å². The van der Waals surface area contributed by atoms with Crippen LogP contribution in [0.15, 0.2) is 79.6 Å². The van der Waals surface area contributed by atoms with Gasteiger partial charge in [0.05, 0.1) is 5.56 Å². The highest BCUT2D eigenvalue weighted by Gasteiger charge is 2.35. The summed E-state index contributed by atoms with van der Waals surface area (Å²) in [6, 6.07) is 16.1. The molecule has 2 aromatic carbocycles. The Morgan fingerprint density at radius 3 is 2.81 bits per heavy atom. The molecular weight excluding hydrogens is 507 g/mol. The van der Waals surface area contributed by atoms with E-state index >= 15 is 0 Å². The molecule has 3 aromatic rings. The number of benzene rings is 2. The molecule has 0 unspecified atom stereocenters. The van der Waals surface area contributed by atoms with Crippen molar-refractivity contribution in [1.29, 1.82) is 0 Å². The minimum atomic E-state index is -0.627. The van der Waals surface area contributed by atoms with Gasteiger partial charge in [-0.1, -0.05) is 24.8 Å². The Bertz CT molecular complexity index is 1140. The Kier molecular flexibility index (Phi) is 6.17. The van der Waals surface area contributed by atoms with Crippen LogP contribution in [0.5, 0.6) is 5.75 Å². The molecule has 1 atom stereocenters. The zero-order chi connectivity index (χ0) is 21.8. The van der Waals surface area contributed by atoms with E-state index in [1.807, 2.05) is 36.4 Å². The zero-order valence-corrected chi connectivity index (χ0v) is 18.6. The van der Waals surface area contributed by atoms with Gasteiger partial charge in [0, 0.05) is 32.8 Å². The van der Waals surface area contributed by atoms with E-state index in [9.17, 15) is 9.59 Å². The molecule has 0 radical (unpaired) electrons. The van der Waals surface area contributed by atoms with Crippen LogP contribution in [0.3, 0.4) is 0 Å². The van der Waals surface area contributed by atoms with Crippen LogP contribution in [-0.4, -0.2) is 28.4 Å². The third-order valence-electron chi connectivity index (χ3n) is 4.69. The largest absolute Gasteiger partial charge is 0.490 e. The number of ether oxygens (including phenoxy) is 1. The van der Waals surface area contributed by atoms with Gasteiger partial charge in [-0.15, -0.1) is 0 Å². The van der Waals surface area contributed by atoms with E-state index in [0.717, 1.165) is 9.13 Å². The van der Waals surface area contributed by atoms with Crippen LogP contribution in [0.25, 0.3) is 0 Å². The molecule has 1 aromatic heterocycles. The second-order valence-electron chi connectivity index (χ2n) is 6.76. The number of carbonyl (C=O) groups excluding carboxylic acids is 2. The molecule has 1 aliphatic rings. The average Bonchev–Trinajstić information content (AvgIpc) is 2.80. The van der Waals surface area contributed by atoms with E-state index in [0.29, 0.717) is 29.2 Å². The van der Waals surface area contributed by atoms with Crippen molar-refractivity contribution < 1.29 is 14.3 Å². The summed E-state index contributed by atoms with van der Waals surface area (Å²) in [6.07, 6.45) is 4.09. The molecule has 31 heavy (non-hydrogen) atoms. The van der Waals surface area contributed by atoms with Crippen LogP contribution in [0.4, 0.5) is 5.69 Å². The van der Waals surface area contributed by atoms with E-state index in [1.54, 1.807) is 24.3 Å². The molecule has 0 saturated carbocycles. The summed E-state index contributed by atoms with van der Waals surface area (Å²) in [5.74, 6) is -0.0757. The van der Waals surface area contributed by atoms with Gasteiger partial charge in [-0.05, 0) is 65.1 Å². The number of fused-ring (bicyclic) bond motifs is 1. The van der Waals surface area contributed by atoms with Crippen LogP contribution < -0.4 is 15.5 Å². The fourth-order valence-electron chi connectivity index (χ4n) is 3.23. The SMILES string of the molecule is C=CCOc1cccc([C@H]2Nc3ccc(I)cc3C(=O)N2NC(=O)c2ccncc2)c1. The lowest BCUT2D eigenvalue weighted by Crippen LogP contribution is -2.52. The van der Waals surface area contributed by atoms with Gasteiger partial charge in [-0.3, -0.25) is 20.0 Å². The van der Waals surface area contributed by atoms with Gasteiger partial charge in [0.2, 0.25) is 0 Å². The van der Waals surface area contributed by atoms with Gasteiger partial charge in [0.15, 0.2) is 0 Å². The van der Waals surface area contributed by atoms with Crippen LogP contribution in [0, 0.1) is 3.57 Å². The summed E-state index contributed by atoms with van der Waals surface area (Å²) in [7, 11) is 0. The molecule has 4 rings (SSSR count). The average molecular weight is 526 g/mol. The molecule has 1 aliphatic heterocycles. The first-order valence-corrected chi connectivity index (χ1v) is 10.6. The fourth-order valence-corrected chi connectivity index (χ4v) is 3.72. The number of nitrogens with one attached hydrogen (secondary N) is 2. The molecule has 0 fully saturated rings. The highest BCUT2D eigenvalue weighted by atomic mass is 127. The highest BCUT2D eigenvalue weighted by Crippen LogP contribution is 2.34. The molecule has 2 amide bonds. The van der Waals surface area contributed by atoms with Crippen molar-refractivity contribution in [3.05, 3.63) is 99.9 Å². The number of hydrogen-bond donors (Lipinski definition) is 2. The smallest absolute Gasteiger partial charge is 0.276 e. The predicted octanol–water partition coefficient (Wildman–Crippen LogP) is 4.16. The van der Waals surface area contributed by atoms with Crippen molar-refractivity contribution >= 4 is 40.1 Å². The first-order chi connectivity index (χ1) is 15.1. The minimum absolute atomic E-state index is 0.308. The number of hydrogen-bond acceptors (Lipinski definition) is 5. The van der Waals surface area contributed by atoms with Gasteiger partial charge in [-0.2, -0.15) is 0 Å². The Hall–Kier alpha value is -3.40. The Balaban J connectivity index is 1.71. The number of pyridine rings is 1. The summed E-state index contributed by atoms with van der Waals surface area (Å²) in [4.78, 5) is 30.1. The molecule has 0 bridgehead atoms. The number of aromatic nitrogens is 1. The fraction of sp³-hybridized carbons (Fsp3) is 0.0870. The lowest BCUT2D eigenvalue weighted by molar-refractivity contribution is 0.0490. The molecule has 7 nitrogen and oxygen atoms in total. The summed E-state index contributed by atoms with van der Waals surface area (Å²) in [5, 5.41) is 4.67. The molecule has 2 N–H and O–H groups in total. The summed E-state index contributed by atoms with van der Waals surface area (Å²) in [5.41, 5.74) is 5.09. The summed E-state index contributed by atoms with van der Waals surface area (Å²) in [6.45, 7) is 4.03.